The van der Waals surface area contributed by atoms with E-state index in [0.29, 0.717) is 11.5 Å². The Morgan fingerprint density at radius 2 is 0.956 bits per heavy atom. The monoisotopic (exact) mass is 662 g/mol. The van der Waals surface area contributed by atoms with Gasteiger partial charge in [-0.2, -0.15) is 0 Å². The van der Waals surface area contributed by atoms with Crippen molar-refractivity contribution >= 4 is 47.4 Å². The molecule has 2 atom stereocenters. The van der Waals surface area contributed by atoms with E-state index in [9.17, 15) is 19.2 Å². The summed E-state index contributed by atoms with van der Waals surface area (Å²) in [6.45, 7) is 8.02. The van der Waals surface area contributed by atoms with E-state index in [4.69, 9.17) is 33.9 Å². The van der Waals surface area contributed by atoms with Gasteiger partial charge in [0, 0.05) is 32.4 Å². The number of rotatable bonds is 24. The Kier molecular flexibility index (Phi) is 18.3. The van der Waals surface area contributed by atoms with Crippen molar-refractivity contribution in [1.82, 2.24) is 0 Å². The van der Waals surface area contributed by atoms with Crippen molar-refractivity contribution in [2.24, 2.45) is 0 Å². The zero-order chi connectivity index (χ0) is 32.9. The molecule has 244 valence electrons. The Bertz CT molecular complexity index is 1140. The number of thioether (sulfide) groups is 2. The topological polar surface area (TPSA) is 155 Å². The molecule has 2 unspecified atom stereocenters. The quantitative estimate of drug-likeness (QED) is 0.0702. The Morgan fingerprint density at radius 1 is 0.600 bits per heavy atom. The molecule has 13 heteroatoms. The maximum absolute atomic E-state index is 12.3. The van der Waals surface area contributed by atoms with Gasteiger partial charge in [-0.15, -0.1) is 23.5 Å². The minimum atomic E-state index is -1.17. The van der Waals surface area contributed by atoms with Gasteiger partial charge in [-0.25, -0.2) is 9.59 Å². The molecule has 0 saturated carbocycles. The maximum atomic E-state index is 12.3. The third-order valence-corrected chi connectivity index (χ3v) is 7.85. The summed E-state index contributed by atoms with van der Waals surface area (Å²) >= 11 is 2.94. The Morgan fingerprint density at radius 3 is 1.31 bits per heavy atom. The van der Waals surface area contributed by atoms with Gasteiger partial charge in [-0.3, -0.25) is 9.59 Å². The summed E-state index contributed by atoms with van der Waals surface area (Å²) in [4.78, 5) is 48.3. The third-order valence-electron chi connectivity index (χ3n) is 5.56. The fourth-order valence-electron chi connectivity index (χ4n) is 3.39. The molecule has 2 aromatic rings. The predicted octanol–water partition coefficient (Wildman–Crippen LogP) is 4.51. The molecule has 0 amide bonds. The normalized spacial score (nSPS) is 12.1. The van der Waals surface area contributed by atoms with E-state index in [-0.39, 0.29) is 50.8 Å². The lowest BCUT2D eigenvalue weighted by Crippen LogP contribution is -2.28. The van der Waals surface area contributed by atoms with Gasteiger partial charge >= 0.3 is 23.9 Å². The second-order valence-corrected chi connectivity index (χ2v) is 11.6. The summed E-state index contributed by atoms with van der Waals surface area (Å²) in [5.74, 6) is -3.13. The van der Waals surface area contributed by atoms with E-state index in [2.05, 4.69) is 13.2 Å². The van der Waals surface area contributed by atoms with Crippen molar-refractivity contribution in [3.05, 3.63) is 85.0 Å². The molecule has 0 bridgehead atoms. The smallest absolute Gasteiger partial charge is 0.334 e. The van der Waals surface area contributed by atoms with E-state index in [1.54, 1.807) is 0 Å². The molecule has 2 N–H and O–H groups in total. The van der Waals surface area contributed by atoms with Crippen molar-refractivity contribution in [2.45, 2.75) is 34.8 Å². The number of esters is 2. The molecule has 0 radical (unpaired) electrons. The molecular formula is C32H38O11S2. The van der Waals surface area contributed by atoms with Crippen molar-refractivity contribution in [3.8, 4) is 0 Å². The number of carboxylic acids is 2. The first-order valence-corrected chi connectivity index (χ1v) is 15.9. The molecule has 0 spiro atoms. The van der Waals surface area contributed by atoms with Gasteiger partial charge in [-0.1, -0.05) is 49.6 Å². The summed E-state index contributed by atoms with van der Waals surface area (Å²) in [5, 5.41) is 17.8. The Hall–Kier alpha value is -3.62. The van der Waals surface area contributed by atoms with Gasteiger partial charge in [0.2, 0.25) is 0 Å². The molecule has 0 aliphatic heterocycles. The van der Waals surface area contributed by atoms with Gasteiger partial charge in [0.05, 0.1) is 52.5 Å². The van der Waals surface area contributed by atoms with Crippen LogP contribution in [0.1, 0.15) is 12.8 Å². The van der Waals surface area contributed by atoms with Crippen molar-refractivity contribution < 1.29 is 53.1 Å². The van der Waals surface area contributed by atoms with Crippen LogP contribution in [-0.4, -0.2) is 97.4 Å². The van der Waals surface area contributed by atoms with Crippen LogP contribution in [0.15, 0.2) is 94.8 Å². The van der Waals surface area contributed by atoms with Crippen LogP contribution in [-0.2, 0) is 42.9 Å². The highest BCUT2D eigenvalue weighted by Crippen LogP contribution is 2.21. The van der Waals surface area contributed by atoms with Crippen LogP contribution in [0.2, 0.25) is 0 Å². The van der Waals surface area contributed by atoms with Crippen LogP contribution < -0.4 is 0 Å². The number of aliphatic carboxylic acids is 2. The minimum Gasteiger partial charge on any atom is -0.481 e. The Balaban J connectivity index is 1.72. The van der Waals surface area contributed by atoms with Crippen LogP contribution in [0, 0.1) is 0 Å². The molecular weight excluding hydrogens is 624 g/mol. The van der Waals surface area contributed by atoms with Crippen LogP contribution in [0.5, 0.6) is 0 Å². The van der Waals surface area contributed by atoms with Crippen LogP contribution in [0.25, 0.3) is 0 Å². The van der Waals surface area contributed by atoms with E-state index in [1.807, 2.05) is 60.7 Å². The van der Waals surface area contributed by atoms with Crippen LogP contribution in [0.3, 0.4) is 0 Å². The van der Waals surface area contributed by atoms with E-state index >= 15 is 0 Å². The highest BCUT2D eigenvalue weighted by atomic mass is 32.2. The van der Waals surface area contributed by atoms with Gasteiger partial charge in [0.1, 0.15) is 12.2 Å². The predicted molar refractivity (Wildman–Crippen MR) is 169 cm³/mol. The zero-order valence-corrected chi connectivity index (χ0v) is 26.4. The average Bonchev–Trinajstić information content (AvgIpc) is 3.01. The van der Waals surface area contributed by atoms with Gasteiger partial charge in [-0.05, 0) is 24.3 Å². The first-order valence-electron chi connectivity index (χ1n) is 13.9. The van der Waals surface area contributed by atoms with Gasteiger partial charge in [0.15, 0.2) is 0 Å². The fraction of sp³-hybridized carbons (Fsp3) is 0.375. The summed E-state index contributed by atoms with van der Waals surface area (Å²) in [5.41, 5.74) is -0.303. The van der Waals surface area contributed by atoms with Crippen molar-refractivity contribution in [3.63, 3.8) is 0 Å². The molecule has 0 aliphatic rings. The lowest BCUT2D eigenvalue weighted by atomic mass is 10.2. The molecule has 0 heterocycles. The molecule has 0 fully saturated rings. The van der Waals surface area contributed by atoms with Gasteiger partial charge in [0.25, 0.3) is 0 Å². The van der Waals surface area contributed by atoms with Crippen molar-refractivity contribution in [2.75, 3.05) is 51.1 Å². The summed E-state index contributed by atoms with van der Waals surface area (Å²) < 4.78 is 27.7. The lowest BCUT2D eigenvalue weighted by Gasteiger charge is -2.19. The number of ether oxygens (including phenoxy) is 5. The Labute approximate surface area is 270 Å². The summed E-state index contributed by atoms with van der Waals surface area (Å²) in [7, 11) is 0. The van der Waals surface area contributed by atoms with E-state index in [0.717, 1.165) is 9.79 Å². The molecule has 2 rings (SSSR count). The molecule has 0 aromatic heterocycles. The lowest BCUT2D eigenvalue weighted by molar-refractivity contribution is -0.148. The highest BCUT2D eigenvalue weighted by molar-refractivity contribution is 7.99. The summed E-state index contributed by atoms with van der Waals surface area (Å²) in [6.07, 6.45) is -2.31. The third kappa shape index (κ3) is 17.5. The van der Waals surface area contributed by atoms with E-state index < -0.39 is 48.9 Å². The number of carboxylic acid groups (broad SMARTS) is 2. The molecule has 0 saturated heterocycles. The average molecular weight is 663 g/mol. The largest absolute Gasteiger partial charge is 0.481 e. The first-order chi connectivity index (χ1) is 21.6. The second-order valence-electron chi connectivity index (χ2n) is 9.41. The molecule has 45 heavy (non-hydrogen) atoms. The maximum Gasteiger partial charge on any atom is 0.334 e. The van der Waals surface area contributed by atoms with E-state index in [1.165, 1.54) is 23.5 Å². The molecule has 2 aromatic carbocycles. The fourth-order valence-corrected chi connectivity index (χ4v) is 5.17. The van der Waals surface area contributed by atoms with Gasteiger partial charge < -0.3 is 33.9 Å². The number of benzene rings is 2. The number of carbonyl (C=O) groups excluding carboxylic acids is 2. The number of carbonyl (C=O) groups is 4. The molecule has 11 nitrogen and oxygen atoms in total. The number of hydrogen-bond donors (Lipinski definition) is 2. The standard InChI is InChI=1S/C32H38O11S2/c1-23(17-29(33)34)31(37)42-25(21-44-27-9-5-3-6-10-27)19-40-15-13-39-14-16-41-20-26(22-45-28-11-7-4-8-12-28)43-32(38)24(2)18-30(35)36/h3-12,25-26H,1-2,13-22H2,(H,33,34)(H,35,36). The van der Waals surface area contributed by atoms with Crippen LogP contribution >= 0.6 is 23.5 Å². The second kappa shape index (κ2) is 22.0. The van der Waals surface area contributed by atoms with Crippen molar-refractivity contribution in [1.29, 1.82) is 0 Å². The SMILES string of the molecule is C=C(CC(=O)O)C(=O)OC(COCCOCCOCC(CSc1ccccc1)OC(=O)C(=C)CC(=O)O)CSc1ccccc1. The zero-order valence-electron chi connectivity index (χ0n) is 24.8. The van der Waals surface area contributed by atoms with Crippen LogP contribution in [0.4, 0.5) is 0 Å². The first kappa shape index (κ1) is 37.6. The number of hydrogen-bond acceptors (Lipinski definition) is 11. The highest BCUT2D eigenvalue weighted by Gasteiger charge is 2.21. The molecule has 0 aliphatic carbocycles. The minimum absolute atomic E-state index is 0.0745. The summed E-state index contributed by atoms with van der Waals surface area (Å²) in [6, 6.07) is 19.1.